The maximum atomic E-state index is 4.25. The predicted molar refractivity (Wildman–Crippen MR) is 60.9 cm³/mol. The highest BCUT2D eigenvalue weighted by Crippen LogP contribution is 2.20. The molecular formula is C10H17N3S. The molecule has 0 aliphatic carbocycles. The van der Waals surface area contributed by atoms with E-state index in [9.17, 15) is 0 Å². The van der Waals surface area contributed by atoms with Crippen molar-refractivity contribution >= 4 is 16.5 Å². The summed E-state index contributed by atoms with van der Waals surface area (Å²) in [5.74, 6) is 0. The first-order chi connectivity index (χ1) is 6.75. The van der Waals surface area contributed by atoms with Crippen molar-refractivity contribution in [2.45, 2.75) is 31.8 Å². The van der Waals surface area contributed by atoms with Crippen LogP contribution in [0.25, 0.3) is 0 Å². The lowest BCUT2D eigenvalue weighted by Gasteiger charge is -2.35. The van der Waals surface area contributed by atoms with Gasteiger partial charge in [-0.15, -0.1) is 11.3 Å². The number of nitrogens with zero attached hydrogens (tertiary/aromatic N) is 2. The summed E-state index contributed by atoms with van der Waals surface area (Å²) >= 11 is 1.68. The average Bonchev–Trinajstić information content (AvgIpc) is 2.64. The lowest BCUT2D eigenvalue weighted by Crippen LogP contribution is -2.42. The lowest BCUT2D eigenvalue weighted by atomic mass is 9.99. The maximum Gasteiger partial charge on any atom is 0.182 e. The molecule has 1 aliphatic heterocycles. The van der Waals surface area contributed by atoms with Crippen LogP contribution in [0.3, 0.4) is 0 Å². The van der Waals surface area contributed by atoms with Gasteiger partial charge >= 0.3 is 0 Å². The van der Waals surface area contributed by atoms with E-state index in [-0.39, 0.29) is 0 Å². The van der Waals surface area contributed by atoms with Gasteiger partial charge in [0.25, 0.3) is 0 Å². The molecule has 2 unspecified atom stereocenters. The summed E-state index contributed by atoms with van der Waals surface area (Å²) in [5, 5.41) is 6.57. The molecule has 2 heterocycles. The quantitative estimate of drug-likeness (QED) is 0.811. The van der Waals surface area contributed by atoms with E-state index in [2.05, 4.69) is 29.2 Å². The second kappa shape index (κ2) is 4.28. The van der Waals surface area contributed by atoms with Crippen molar-refractivity contribution < 1.29 is 0 Å². The SMILES string of the molecule is CC1CC(Nc2nccs2)CCN1C. The Morgan fingerprint density at radius 2 is 2.50 bits per heavy atom. The fourth-order valence-corrected chi connectivity index (χ4v) is 2.50. The lowest BCUT2D eigenvalue weighted by molar-refractivity contribution is 0.190. The highest BCUT2D eigenvalue weighted by atomic mass is 32.1. The van der Waals surface area contributed by atoms with Gasteiger partial charge in [-0.25, -0.2) is 4.98 Å². The number of thiazole rings is 1. The van der Waals surface area contributed by atoms with E-state index in [1.165, 1.54) is 19.4 Å². The Balaban J connectivity index is 1.88. The monoisotopic (exact) mass is 211 g/mol. The fraction of sp³-hybridized carbons (Fsp3) is 0.700. The molecule has 1 N–H and O–H groups in total. The Bertz CT molecular complexity index is 273. The van der Waals surface area contributed by atoms with E-state index in [0.717, 1.165) is 5.13 Å². The second-order valence-electron chi connectivity index (χ2n) is 4.03. The Morgan fingerprint density at radius 1 is 1.64 bits per heavy atom. The molecule has 4 heteroatoms. The van der Waals surface area contributed by atoms with Crippen molar-refractivity contribution in [1.29, 1.82) is 0 Å². The first-order valence-corrected chi connectivity index (χ1v) is 6.00. The Morgan fingerprint density at radius 3 is 3.14 bits per heavy atom. The van der Waals surface area contributed by atoms with Crippen LogP contribution in [0.5, 0.6) is 0 Å². The smallest absolute Gasteiger partial charge is 0.182 e. The van der Waals surface area contributed by atoms with E-state index in [1.807, 2.05) is 11.6 Å². The summed E-state index contributed by atoms with van der Waals surface area (Å²) < 4.78 is 0. The van der Waals surface area contributed by atoms with Crippen molar-refractivity contribution in [2.24, 2.45) is 0 Å². The molecule has 14 heavy (non-hydrogen) atoms. The van der Waals surface area contributed by atoms with E-state index < -0.39 is 0 Å². The van der Waals surface area contributed by atoms with Gasteiger partial charge in [-0.05, 0) is 26.8 Å². The van der Waals surface area contributed by atoms with Gasteiger partial charge in [0.1, 0.15) is 0 Å². The van der Waals surface area contributed by atoms with Gasteiger partial charge in [-0.1, -0.05) is 0 Å². The van der Waals surface area contributed by atoms with Crippen LogP contribution in [-0.2, 0) is 0 Å². The Labute approximate surface area is 89.1 Å². The van der Waals surface area contributed by atoms with Crippen LogP contribution in [0.2, 0.25) is 0 Å². The Kier molecular flexibility index (Phi) is 3.03. The number of piperidine rings is 1. The molecule has 0 bridgehead atoms. The molecule has 3 nitrogen and oxygen atoms in total. The molecule has 0 spiro atoms. The highest BCUT2D eigenvalue weighted by molar-refractivity contribution is 7.13. The van der Waals surface area contributed by atoms with Crippen LogP contribution in [0.15, 0.2) is 11.6 Å². The van der Waals surface area contributed by atoms with Gasteiger partial charge in [0.15, 0.2) is 5.13 Å². The topological polar surface area (TPSA) is 28.2 Å². The summed E-state index contributed by atoms with van der Waals surface area (Å²) in [7, 11) is 2.20. The first kappa shape index (κ1) is 9.93. The van der Waals surface area contributed by atoms with Crippen LogP contribution < -0.4 is 5.32 Å². The third-order valence-corrected chi connectivity index (χ3v) is 3.67. The maximum absolute atomic E-state index is 4.25. The Hall–Kier alpha value is -0.610. The summed E-state index contributed by atoms with van der Waals surface area (Å²) in [5.41, 5.74) is 0. The number of rotatable bonds is 2. The third kappa shape index (κ3) is 2.25. The van der Waals surface area contributed by atoms with Crippen LogP contribution in [0, 0.1) is 0 Å². The van der Waals surface area contributed by atoms with E-state index in [0.29, 0.717) is 12.1 Å². The molecule has 0 aromatic carbocycles. The first-order valence-electron chi connectivity index (χ1n) is 5.12. The standard InChI is InChI=1S/C10H17N3S/c1-8-7-9(3-5-13(8)2)12-10-11-4-6-14-10/h4,6,8-9H,3,5,7H2,1-2H3,(H,11,12). The van der Waals surface area contributed by atoms with Crippen molar-refractivity contribution in [3.05, 3.63) is 11.6 Å². The van der Waals surface area contributed by atoms with Crippen LogP contribution in [0.1, 0.15) is 19.8 Å². The zero-order chi connectivity index (χ0) is 9.97. The van der Waals surface area contributed by atoms with Gasteiger partial charge < -0.3 is 10.2 Å². The van der Waals surface area contributed by atoms with E-state index >= 15 is 0 Å². The van der Waals surface area contributed by atoms with Crippen molar-refractivity contribution in [2.75, 3.05) is 18.9 Å². The van der Waals surface area contributed by atoms with E-state index in [4.69, 9.17) is 0 Å². The molecule has 78 valence electrons. The number of aromatic nitrogens is 1. The average molecular weight is 211 g/mol. The zero-order valence-electron chi connectivity index (χ0n) is 8.73. The molecule has 1 aromatic rings. The number of anilines is 1. The predicted octanol–water partition coefficient (Wildman–Crippen LogP) is 2.04. The van der Waals surface area contributed by atoms with Crippen LogP contribution >= 0.6 is 11.3 Å². The molecule has 2 atom stereocenters. The third-order valence-electron chi connectivity index (χ3n) is 2.97. The number of hydrogen-bond donors (Lipinski definition) is 1. The highest BCUT2D eigenvalue weighted by Gasteiger charge is 2.22. The molecule has 1 aromatic heterocycles. The molecule has 0 amide bonds. The molecule has 2 rings (SSSR count). The van der Waals surface area contributed by atoms with Crippen LogP contribution in [-0.4, -0.2) is 35.6 Å². The molecular weight excluding hydrogens is 194 g/mol. The fourth-order valence-electron chi connectivity index (χ4n) is 1.89. The zero-order valence-corrected chi connectivity index (χ0v) is 9.55. The number of likely N-dealkylation sites (tertiary alicyclic amines) is 1. The van der Waals surface area contributed by atoms with E-state index in [1.54, 1.807) is 11.3 Å². The molecule has 0 radical (unpaired) electrons. The molecule has 0 saturated carbocycles. The minimum Gasteiger partial charge on any atom is -0.359 e. The summed E-state index contributed by atoms with van der Waals surface area (Å²) in [6.45, 7) is 3.47. The number of hydrogen-bond acceptors (Lipinski definition) is 4. The summed E-state index contributed by atoms with van der Waals surface area (Å²) in [4.78, 5) is 6.66. The van der Waals surface area contributed by atoms with Crippen LogP contribution in [0.4, 0.5) is 5.13 Å². The van der Waals surface area contributed by atoms with Crippen molar-refractivity contribution in [1.82, 2.24) is 9.88 Å². The van der Waals surface area contributed by atoms with Crippen molar-refractivity contribution in [3.8, 4) is 0 Å². The van der Waals surface area contributed by atoms with Gasteiger partial charge in [0.05, 0.1) is 0 Å². The van der Waals surface area contributed by atoms with Gasteiger partial charge in [0.2, 0.25) is 0 Å². The van der Waals surface area contributed by atoms with Gasteiger partial charge in [0, 0.05) is 30.2 Å². The number of nitrogens with one attached hydrogen (secondary N) is 1. The molecule has 1 saturated heterocycles. The molecule has 1 fully saturated rings. The minimum atomic E-state index is 0.604. The normalized spacial score (nSPS) is 29.0. The van der Waals surface area contributed by atoms with Gasteiger partial charge in [-0.3, -0.25) is 0 Å². The summed E-state index contributed by atoms with van der Waals surface area (Å²) in [6.07, 6.45) is 4.29. The second-order valence-corrected chi connectivity index (χ2v) is 4.93. The minimum absolute atomic E-state index is 0.604. The largest absolute Gasteiger partial charge is 0.359 e. The summed E-state index contributed by atoms with van der Waals surface area (Å²) in [6, 6.07) is 1.29. The van der Waals surface area contributed by atoms with Gasteiger partial charge in [-0.2, -0.15) is 0 Å². The van der Waals surface area contributed by atoms with Crippen molar-refractivity contribution in [3.63, 3.8) is 0 Å². The molecule has 1 aliphatic rings.